The van der Waals surface area contributed by atoms with Crippen molar-refractivity contribution in [2.75, 3.05) is 62.6 Å². The summed E-state index contributed by atoms with van der Waals surface area (Å²) in [5, 5.41) is 24.8. The van der Waals surface area contributed by atoms with E-state index in [4.69, 9.17) is 36.4 Å². The number of amides is 4. The van der Waals surface area contributed by atoms with Crippen LogP contribution in [-0.4, -0.2) is 125 Å². The van der Waals surface area contributed by atoms with Crippen molar-refractivity contribution in [1.29, 1.82) is 5.26 Å². The van der Waals surface area contributed by atoms with Gasteiger partial charge in [0.15, 0.2) is 16.7 Å². The molecule has 6 rings (SSSR count). The highest BCUT2D eigenvalue weighted by atomic mass is 32.1. The number of pyridine rings is 1. The standard InChI is InChI=1S/C48H53F5N8O9S2/c1-27-39(72-26-57-27)29-9-7-28(8-10-29)22-55-41(64)35-20-32(62)24-59(35)43(65)40(46(2,3)4)58-36(63)25-69-16-15-67-13-14-68-17-18-70-42-33(49)19-31(23-56-42)61-45(71)60(44(66)47(61,5)6)34-12-11-30(21-54)37(38(34)50)48(51,52)53/h7-12,19,23,26,32,35,40,62H,13-18,20,22,24-25H2,1-6H3,(H,55,64)(H,58,63)/t32-,35+,40-/m1/s1. The Hall–Kier alpha value is -6.23. The lowest BCUT2D eigenvalue weighted by atomic mass is 9.85. The van der Waals surface area contributed by atoms with Gasteiger partial charge in [0.05, 0.1) is 84.4 Å². The number of aryl methyl sites for hydroxylation is 1. The number of nitrogens with zero attached hydrogens (tertiary/aromatic N) is 6. The number of nitrogens with one attached hydrogen (secondary N) is 2. The second-order valence-corrected chi connectivity index (χ2v) is 19.5. The summed E-state index contributed by atoms with van der Waals surface area (Å²) >= 11 is 6.93. The first-order valence-corrected chi connectivity index (χ1v) is 23.8. The molecule has 2 aliphatic rings. The van der Waals surface area contributed by atoms with Gasteiger partial charge >= 0.3 is 6.18 Å². The molecule has 3 atom stereocenters. The van der Waals surface area contributed by atoms with E-state index in [0.717, 1.165) is 51.0 Å². The topological polar surface area (TPSA) is 209 Å². The number of carbonyl (C=O) groups is 4. The van der Waals surface area contributed by atoms with Crippen LogP contribution < -0.4 is 25.2 Å². The van der Waals surface area contributed by atoms with Gasteiger partial charge in [-0.25, -0.2) is 18.7 Å². The molecule has 386 valence electrons. The first-order valence-electron chi connectivity index (χ1n) is 22.5. The predicted molar refractivity (Wildman–Crippen MR) is 257 cm³/mol. The smallest absolute Gasteiger partial charge is 0.420 e. The number of rotatable bonds is 20. The Bertz CT molecular complexity index is 2690. The molecule has 2 aliphatic heterocycles. The van der Waals surface area contributed by atoms with Crippen molar-refractivity contribution < 1.29 is 65.2 Å². The Morgan fingerprint density at radius 1 is 1.00 bits per heavy atom. The van der Waals surface area contributed by atoms with Crippen LogP contribution in [0.1, 0.15) is 63.4 Å². The van der Waals surface area contributed by atoms with Crippen molar-refractivity contribution in [3.05, 3.63) is 88.2 Å². The van der Waals surface area contributed by atoms with Crippen LogP contribution in [0.3, 0.4) is 0 Å². The number of ether oxygens (including phenoxy) is 4. The number of carbonyl (C=O) groups excluding carboxylic acids is 4. The van der Waals surface area contributed by atoms with Gasteiger partial charge in [0.2, 0.25) is 17.7 Å². The zero-order valence-corrected chi connectivity index (χ0v) is 41.7. The third-order valence-electron chi connectivity index (χ3n) is 11.6. The summed E-state index contributed by atoms with van der Waals surface area (Å²) in [6, 6.07) is 9.54. The van der Waals surface area contributed by atoms with Gasteiger partial charge in [-0.05, 0) is 61.7 Å². The summed E-state index contributed by atoms with van der Waals surface area (Å²) in [5.74, 6) is -5.71. The minimum absolute atomic E-state index is 0.00962. The fourth-order valence-electron chi connectivity index (χ4n) is 7.98. The zero-order valence-electron chi connectivity index (χ0n) is 40.1. The van der Waals surface area contributed by atoms with Gasteiger partial charge in [-0.3, -0.25) is 24.1 Å². The lowest BCUT2D eigenvalue weighted by molar-refractivity contribution is -0.144. The fraction of sp³-hybridized carbons (Fsp3) is 0.458. The van der Waals surface area contributed by atoms with Crippen molar-refractivity contribution in [3.8, 4) is 22.4 Å². The molecule has 24 heteroatoms. The monoisotopic (exact) mass is 1040 g/mol. The highest BCUT2D eigenvalue weighted by molar-refractivity contribution is 7.81. The molecule has 17 nitrogen and oxygen atoms in total. The van der Waals surface area contributed by atoms with Crippen LogP contribution in [0.15, 0.2) is 54.2 Å². The van der Waals surface area contributed by atoms with E-state index in [-0.39, 0.29) is 71.4 Å². The second kappa shape index (κ2) is 23.1. The molecule has 0 aliphatic carbocycles. The summed E-state index contributed by atoms with van der Waals surface area (Å²) < 4.78 is 93.5. The van der Waals surface area contributed by atoms with Crippen molar-refractivity contribution in [1.82, 2.24) is 25.5 Å². The molecule has 2 fully saturated rings. The number of likely N-dealkylation sites (tertiary alicyclic amines) is 1. The van der Waals surface area contributed by atoms with E-state index in [1.807, 2.05) is 31.2 Å². The van der Waals surface area contributed by atoms with Crippen molar-refractivity contribution in [2.24, 2.45) is 5.41 Å². The van der Waals surface area contributed by atoms with Crippen LogP contribution in [0, 0.1) is 35.3 Å². The number of nitriles is 1. The molecule has 4 amide bonds. The molecule has 0 spiro atoms. The predicted octanol–water partition coefficient (Wildman–Crippen LogP) is 5.84. The van der Waals surface area contributed by atoms with Gasteiger partial charge in [0.25, 0.3) is 11.8 Å². The summed E-state index contributed by atoms with van der Waals surface area (Å²) in [6.07, 6.45) is -5.02. The zero-order chi connectivity index (χ0) is 52.7. The van der Waals surface area contributed by atoms with Crippen LogP contribution in [-0.2, 0) is 46.1 Å². The molecule has 2 aromatic heterocycles. The Balaban J connectivity index is 0.886. The molecule has 2 saturated heterocycles. The number of anilines is 2. The molecule has 0 saturated carbocycles. The average molecular weight is 1050 g/mol. The number of aliphatic hydroxyl groups excluding tert-OH is 1. The minimum atomic E-state index is -5.26. The summed E-state index contributed by atoms with van der Waals surface area (Å²) in [4.78, 5) is 66.0. The summed E-state index contributed by atoms with van der Waals surface area (Å²) in [5.41, 5.74) is -1.57. The van der Waals surface area contributed by atoms with Crippen LogP contribution >= 0.6 is 23.6 Å². The van der Waals surface area contributed by atoms with E-state index < -0.39 is 98.4 Å². The molecule has 0 unspecified atom stereocenters. The fourth-order valence-corrected chi connectivity index (χ4v) is 9.30. The largest absolute Gasteiger partial charge is 0.473 e. The van der Waals surface area contributed by atoms with Crippen LogP contribution in [0.2, 0.25) is 0 Å². The van der Waals surface area contributed by atoms with E-state index in [0.29, 0.717) is 4.90 Å². The molecule has 72 heavy (non-hydrogen) atoms. The van der Waals surface area contributed by atoms with Gasteiger partial charge in [-0.15, -0.1) is 11.3 Å². The van der Waals surface area contributed by atoms with Crippen molar-refractivity contribution >= 4 is 63.7 Å². The van der Waals surface area contributed by atoms with Crippen LogP contribution in [0.5, 0.6) is 5.88 Å². The highest BCUT2D eigenvalue weighted by Crippen LogP contribution is 2.42. The van der Waals surface area contributed by atoms with Crippen LogP contribution in [0.4, 0.5) is 33.3 Å². The molecule has 0 radical (unpaired) electrons. The minimum Gasteiger partial charge on any atom is -0.473 e. The Labute approximate surface area is 421 Å². The first kappa shape index (κ1) is 55.1. The Kier molecular flexibility index (Phi) is 17.7. The van der Waals surface area contributed by atoms with E-state index in [1.54, 1.807) is 37.6 Å². The summed E-state index contributed by atoms with van der Waals surface area (Å²) in [7, 11) is 0. The molecular weight excluding hydrogens is 992 g/mol. The number of thiazole rings is 1. The van der Waals surface area contributed by atoms with Crippen molar-refractivity contribution in [3.63, 3.8) is 0 Å². The number of aromatic nitrogens is 2. The van der Waals surface area contributed by atoms with Gasteiger partial charge in [-0.1, -0.05) is 45.0 Å². The van der Waals surface area contributed by atoms with Gasteiger partial charge in [-0.2, -0.15) is 18.4 Å². The van der Waals surface area contributed by atoms with Gasteiger partial charge in [0.1, 0.15) is 36.4 Å². The number of aliphatic hydroxyl groups is 1. The number of alkyl halides is 3. The third-order valence-corrected chi connectivity index (χ3v) is 13.0. The number of thiocarbonyl (C=S) groups is 1. The quantitative estimate of drug-likeness (QED) is 0.0541. The third kappa shape index (κ3) is 12.7. The van der Waals surface area contributed by atoms with Gasteiger partial charge < -0.3 is 44.5 Å². The van der Waals surface area contributed by atoms with Crippen LogP contribution in [0.25, 0.3) is 10.4 Å². The number of halogens is 5. The van der Waals surface area contributed by atoms with E-state index in [9.17, 15) is 37.5 Å². The second-order valence-electron chi connectivity index (χ2n) is 18.3. The molecule has 3 N–H and O–H groups in total. The van der Waals surface area contributed by atoms with E-state index >= 15 is 8.78 Å². The van der Waals surface area contributed by atoms with Gasteiger partial charge in [0, 0.05) is 25.6 Å². The number of benzene rings is 2. The SMILES string of the molecule is Cc1ncsc1-c1ccc(CNC(=O)[C@@H]2C[C@@H](O)CN2C(=O)[C@@H](NC(=O)COCCOCCOCCOc2ncc(N3C(=S)N(c4ccc(C#N)c(C(F)(F)F)c4F)C(=O)C3(C)C)cc2F)C(C)(C)C)cc1. The Morgan fingerprint density at radius 3 is 2.25 bits per heavy atom. The average Bonchev–Trinajstić information content (AvgIpc) is 3.98. The highest BCUT2D eigenvalue weighted by Gasteiger charge is 2.52. The van der Waals surface area contributed by atoms with E-state index in [2.05, 4.69) is 20.6 Å². The van der Waals surface area contributed by atoms with Crippen molar-refractivity contribution in [2.45, 2.75) is 84.4 Å². The number of hydrogen-bond acceptors (Lipinski definition) is 14. The first-order chi connectivity index (χ1) is 33.9. The molecule has 0 bridgehead atoms. The maximum Gasteiger partial charge on any atom is 0.420 e. The maximum absolute atomic E-state index is 15.3. The molecule has 4 heterocycles. The number of hydrogen-bond donors (Lipinski definition) is 3. The molecular formula is C48H53F5N8O9S2. The number of β-amino-alcohol motifs (C(OH)–C–C–N with tert-alkyl or cyclic N) is 1. The maximum atomic E-state index is 15.3. The summed E-state index contributed by atoms with van der Waals surface area (Å²) in [6.45, 7) is 9.91. The van der Waals surface area contributed by atoms with E-state index in [1.165, 1.54) is 24.8 Å². The lowest BCUT2D eigenvalue weighted by Gasteiger charge is -2.35. The normalized spacial score (nSPS) is 17.3. The molecule has 2 aromatic carbocycles. The molecule has 4 aromatic rings. The lowest BCUT2D eigenvalue weighted by Crippen LogP contribution is -2.58. The Morgan fingerprint density at radius 2 is 1.65 bits per heavy atom.